The number of nitrogens with zero attached hydrogens (tertiary/aromatic N) is 2. The Labute approximate surface area is 237 Å². The van der Waals surface area contributed by atoms with Crippen LogP contribution in [-0.2, 0) is 26.2 Å². The van der Waals surface area contributed by atoms with Gasteiger partial charge in [-0.2, -0.15) is 4.31 Å². The molecule has 1 N–H and O–H groups in total. The third-order valence-electron chi connectivity index (χ3n) is 7.61. The van der Waals surface area contributed by atoms with Gasteiger partial charge in [-0.25, -0.2) is 8.42 Å². The summed E-state index contributed by atoms with van der Waals surface area (Å²) in [6.07, 6.45) is 5.58. The topological polar surface area (TPSA) is 96.0 Å². The van der Waals surface area contributed by atoms with Gasteiger partial charge in [0, 0.05) is 19.6 Å². The summed E-state index contributed by atoms with van der Waals surface area (Å²) in [6.45, 7) is 1.62. The lowest BCUT2D eigenvalue weighted by Gasteiger charge is -2.33. The number of amides is 2. The molecule has 9 heteroatoms. The number of benzene rings is 3. The van der Waals surface area contributed by atoms with E-state index in [1.165, 1.54) is 18.4 Å². The Hall–Kier alpha value is -3.43. The fourth-order valence-electron chi connectivity index (χ4n) is 5.31. The van der Waals surface area contributed by atoms with Crippen LogP contribution in [0.15, 0.2) is 71.6 Å². The van der Waals surface area contributed by atoms with Crippen LogP contribution in [0.25, 0.3) is 10.8 Å². The van der Waals surface area contributed by atoms with Crippen molar-refractivity contribution in [1.82, 2.24) is 14.5 Å². The van der Waals surface area contributed by atoms with Crippen molar-refractivity contribution >= 4 is 32.6 Å². The van der Waals surface area contributed by atoms with Crippen LogP contribution >= 0.6 is 0 Å². The van der Waals surface area contributed by atoms with Crippen LogP contribution in [0.4, 0.5) is 0 Å². The molecular formula is C31H39N3O5S. The van der Waals surface area contributed by atoms with Crippen molar-refractivity contribution in [3.05, 3.63) is 72.3 Å². The van der Waals surface area contributed by atoms with Gasteiger partial charge in [0.15, 0.2) is 0 Å². The number of carbonyl (C=O) groups excluding carboxylic acids is 2. The van der Waals surface area contributed by atoms with Crippen molar-refractivity contribution in [2.45, 2.75) is 69.0 Å². The number of rotatable bonds is 11. The van der Waals surface area contributed by atoms with Crippen LogP contribution in [0.2, 0.25) is 0 Å². The lowest BCUT2D eigenvalue weighted by Crippen LogP contribution is -2.53. The summed E-state index contributed by atoms with van der Waals surface area (Å²) in [5.41, 5.74) is 0.789. The van der Waals surface area contributed by atoms with E-state index in [9.17, 15) is 18.0 Å². The average Bonchev–Trinajstić information content (AvgIpc) is 2.97. The minimum Gasteiger partial charge on any atom is -0.497 e. The first kappa shape index (κ1) is 29.6. The number of likely N-dealkylation sites (N-methyl/N-ethyl adjacent to an activating group) is 1. The summed E-state index contributed by atoms with van der Waals surface area (Å²) >= 11 is 0. The minimum atomic E-state index is -3.95. The standard InChI is InChI=1S/C31H39N3O5S/c1-4-29(31(36)32-26-14-6-5-7-15-26)34(21-23-11-10-16-27(19-23)39-3)30(35)22-33(2)40(37,38)28-18-17-24-12-8-9-13-25(24)20-28/h8-13,16-20,26,29H,4-7,14-15,21-22H2,1-3H3,(H,32,36)/t29-/m1/s1. The third kappa shape index (κ3) is 7.01. The van der Waals surface area contributed by atoms with E-state index < -0.39 is 28.5 Å². The third-order valence-corrected chi connectivity index (χ3v) is 9.41. The van der Waals surface area contributed by atoms with Crippen LogP contribution in [0.1, 0.15) is 51.0 Å². The maximum atomic E-state index is 13.8. The number of fused-ring (bicyclic) bond motifs is 1. The Morgan fingerprint density at radius 3 is 2.40 bits per heavy atom. The van der Waals surface area contributed by atoms with E-state index in [2.05, 4.69) is 5.32 Å². The molecule has 0 spiro atoms. The second kappa shape index (κ2) is 13.3. The molecule has 0 unspecified atom stereocenters. The molecule has 1 atom stereocenters. The average molecular weight is 566 g/mol. The highest BCUT2D eigenvalue weighted by atomic mass is 32.2. The largest absolute Gasteiger partial charge is 0.497 e. The normalized spacial score (nSPS) is 15.1. The second-order valence-corrected chi connectivity index (χ2v) is 12.5. The Morgan fingerprint density at radius 1 is 0.975 bits per heavy atom. The van der Waals surface area contributed by atoms with Gasteiger partial charge >= 0.3 is 0 Å². The van der Waals surface area contributed by atoms with Gasteiger partial charge in [0.25, 0.3) is 0 Å². The Balaban J connectivity index is 1.58. The van der Waals surface area contributed by atoms with E-state index in [4.69, 9.17) is 4.74 Å². The zero-order valence-corrected chi connectivity index (χ0v) is 24.3. The van der Waals surface area contributed by atoms with Crippen molar-refractivity contribution in [3.63, 3.8) is 0 Å². The fourth-order valence-corrected chi connectivity index (χ4v) is 6.46. The van der Waals surface area contributed by atoms with Gasteiger partial charge in [-0.05, 0) is 59.9 Å². The zero-order valence-electron chi connectivity index (χ0n) is 23.5. The van der Waals surface area contributed by atoms with Gasteiger partial charge in [0.05, 0.1) is 18.6 Å². The van der Waals surface area contributed by atoms with E-state index in [0.717, 1.165) is 46.3 Å². The van der Waals surface area contributed by atoms with Crippen LogP contribution in [0.3, 0.4) is 0 Å². The first-order valence-corrected chi connectivity index (χ1v) is 15.3. The maximum Gasteiger partial charge on any atom is 0.243 e. The Morgan fingerprint density at radius 2 is 1.70 bits per heavy atom. The molecule has 3 aromatic rings. The highest BCUT2D eigenvalue weighted by molar-refractivity contribution is 7.89. The van der Waals surface area contributed by atoms with Crippen LogP contribution in [0, 0.1) is 0 Å². The monoisotopic (exact) mass is 565 g/mol. The van der Waals surface area contributed by atoms with Crippen molar-refractivity contribution in [2.75, 3.05) is 20.7 Å². The SMILES string of the molecule is CC[C@H](C(=O)NC1CCCCC1)N(Cc1cccc(OC)c1)C(=O)CN(C)S(=O)(=O)c1ccc2ccccc2c1. The van der Waals surface area contributed by atoms with E-state index in [0.29, 0.717) is 12.2 Å². The van der Waals surface area contributed by atoms with Gasteiger partial charge < -0.3 is 15.0 Å². The summed E-state index contributed by atoms with van der Waals surface area (Å²) in [6, 6.07) is 19.1. The maximum absolute atomic E-state index is 13.8. The lowest BCUT2D eigenvalue weighted by atomic mass is 9.95. The predicted octanol–water partition coefficient (Wildman–Crippen LogP) is 4.73. The number of hydrogen-bond donors (Lipinski definition) is 1. The molecular weight excluding hydrogens is 526 g/mol. The first-order chi connectivity index (χ1) is 19.2. The lowest BCUT2D eigenvalue weighted by molar-refractivity contribution is -0.141. The smallest absolute Gasteiger partial charge is 0.243 e. The molecule has 3 aromatic carbocycles. The molecule has 0 aromatic heterocycles. The van der Waals surface area contributed by atoms with Gasteiger partial charge in [0.1, 0.15) is 11.8 Å². The first-order valence-electron chi connectivity index (χ1n) is 13.9. The fraction of sp³-hybridized carbons (Fsp3) is 0.419. The molecule has 8 nitrogen and oxygen atoms in total. The molecule has 2 amide bonds. The minimum absolute atomic E-state index is 0.0972. The number of ether oxygens (including phenoxy) is 1. The molecule has 1 fully saturated rings. The summed E-state index contributed by atoms with van der Waals surface area (Å²) in [7, 11) is -0.984. The van der Waals surface area contributed by atoms with Crippen LogP contribution in [0.5, 0.6) is 5.75 Å². The molecule has 40 heavy (non-hydrogen) atoms. The van der Waals surface area contributed by atoms with E-state index in [1.807, 2.05) is 55.5 Å². The summed E-state index contributed by atoms with van der Waals surface area (Å²) < 4.78 is 33.4. The van der Waals surface area contributed by atoms with Gasteiger partial charge in [-0.3, -0.25) is 9.59 Å². The predicted molar refractivity (Wildman–Crippen MR) is 156 cm³/mol. The van der Waals surface area contributed by atoms with Crippen molar-refractivity contribution in [3.8, 4) is 5.75 Å². The molecule has 1 saturated carbocycles. The highest BCUT2D eigenvalue weighted by Gasteiger charge is 2.33. The van der Waals surface area contributed by atoms with Crippen molar-refractivity contribution in [1.29, 1.82) is 0 Å². The van der Waals surface area contributed by atoms with Gasteiger partial charge in [-0.15, -0.1) is 0 Å². The Bertz CT molecular complexity index is 1440. The van der Waals surface area contributed by atoms with Crippen molar-refractivity contribution in [2.24, 2.45) is 0 Å². The second-order valence-electron chi connectivity index (χ2n) is 10.4. The molecule has 1 aliphatic rings. The summed E-state index contributed by atoms with van der Waals surface area (Å²) in [4.78, 5) is 28.9. The van der Waals surface area contributed by atoms with E-state index in [1.54, 1.807) is 25.3 Å². The molecule has 0 aliphatic heterocycles. The summed E-state index contributed by atoms with van der Waals surface area (Å²) in [5.74, 6) is -0.00776. The number of hydrogen-bond acceptors (Lipinski definition) is 5. The number of sulfonamides is 1. The molecule has 0 saturated heterocycles. The van der Waals surface area contributed by atoms with Crippen LogP contribution in [-0.4, -0.2) is 62.2 Å². The van der Waals surface area contributed by atoms with Crippen molar-refractivity contribution < 1.29 is 22.7 Å². The molecule has 1 aliphatic carbocycles. The number of nitrogens with one attached hydrogen (secondary N) is 1. The van der Waals surface area contributed by atoms with E-state index >= 15 is 0 Å². The molecule has 4 rings (SSSR count). The number of methoxy groups -OCH3 is 1. The molecule has 0 radical (unpaired) electrons. The van der Waals surface area contributed by atoms with Gasteiger partial charge in [0.2, 0.25) is 21.8 Å². The molecule has 214 valence electrons. The Kier molecular flexibility index (Phi) is 9.81. The molecule has 0 heterocycles. The molecule has 0 bridgehead atoms. The quantitative estimate of drug-likeness (QED) is 0.363. The highest BCUT2D eigenvalue weighted by Crippen LogP contribution is 2.23. The number of carbonyl (C=O) groups is 2. The van der Waals surface area contributed by atoms with E-state index in [-0.39, 0.29) is 23.4 Å². The van der Waals surface area contributed by atoms with Gasteiger partial charge in [-0.1, -0.05) is 68.7 Å². The summed E-state index contributed by atoms with van der Waals surface area (Å²) in [5, 5.41) is 4.88. The zero-order chi connectivity index (χ0) is 28.7. The van der Waals surface area contributed by atoms with Crippen LogP contribution < -0.4 is 10.1 Å².